The number of halogens is 1. The molecule has 0 aromatic carbocycles. The van der Waals surface area contributed by atoms with Gasteiger partial charge in [0, 0.05) is 13.1 Å². The van der Waals surface area contributed by atoms with Crippen LogP contribution in [0.4, 0.5) is 0 Å². The lowest BCUT2D eigenvalue weighted by Crippen LogP contribution is -2.34. The number of rotatable bonds is 4. The number of esters is 1. The van der Waals surface area contributed by atoms with Crippen molar-refractivity contribution in [2.24, 2.45) is 10.8 Å². The molecule has 2 aliphatic heterocycles. The normalized spacial score (nSPS) is 27.5. The van der Waals surface area contributed by atoms with Gasteiger partial charge in [-0.2, -0.15) is 0 Å². The standard InChI is InChI=1S/C14H26N2O2.ClH/c1-13(2,12(17)18-3)5-8-16-9-6-14(11-16)4-7-15-10-14;/h15H,4-11H2,1-3H3;1H. The van der Waals surface area contributed by atoms with E-state index in [0.717, 1.165) is 13.0 Å². The fourth-order valence-corrected chi connectivity index (χ4v) is 3.18. The van der Waals surface area contributed by atoms with Gasteiger partial charge in [-0.3, -0.25) is 4.79 Å². The highest BCUT2D eigenvalue weighted by Gasteiger charge is 2.40. The molecule has 2 saturated heterocycles. The molecule has 2 fully saturated rings. The van der Waals surface area contributed by atoms with E-state index in [1.54, 1.807) is 0 Å². The van der Waals surface area contributed by atoms with E-state index >= 15 is 0 Å². The summed E-state index contributed by atoms with van der Waals surface area (Å²) in [5, 5.41) is 3.47. The summed E-state index contributed by atoms with van der Waals surface area (Å²) in [6.45, 7) is 9.66. The van der Waals surface area contributed by atoms with E-state index in [4.69, 9.17) is 4.74 Å². The van der Waals surface area contributed by atoms with Gasteiger partial charge in [0.1, 0.15) is 0 Å². The van der Waals surface area contributed by atoms with Crippen molar-refractivity contribution in [1.82, 2.24) is 10.2 Å². The zero-order chi connectivity index (χ0) is 13.2. The molecule has 1 spiro atoms. The van der Waals surface area contributed by atoms with Crippen molar-refractivity contribution in [3.05, 3.63) is 0 Å². The Morgan fingerprint density at radius 1 is 1.42 bits per heavy atom. The van der Waals surface area contributed by atoms with Crippen LogP contribution in [-0.2, 0) is 9.53 Å². The van der Waals surface area contributed by atoms with Gasteiger partial charge in [-0.05, 0) is 58.2 Å². The van der Waals surface area contributed by atoms with Crippen molar-refractivity contribution in [2.75, 3.05) is 39.8 Å². The third-order valence-corrected chi connectivity index (χ3v) is 4.64. The number of nitrogens with one attached hydrogen (secondary N) is 1. The van der Waals surface area contributed by atoms with Crippen LogP contribution in [0.1, 0.15) is 33.1 Å². The zero-order valence-corrected chi connectivity index (χ0v) is 13.1. The first-order chi connectivity index (χ1) is 8.47. The number of ether oxygens (including phenoxy) is 1. The maximum Gasteiger partial charge on any atom is 0.311 e. The average Bonchev–Trinajstić information content (AvgIpc) is 2.97. The van der Waals surface area contributed by atoms with Gasteiger partial charge in [-0.1, -0.05) is 0 Å². The van der Waals surface area contributed by atoms with Gasteiger partial charge >= 0.3 is 5.97 Å². The number of hydrogen-bond donors (Lipinski definition) is 1. The molecule has 0 amide bonds. The van der Waals surface area contributed by atoms with E-state index < -0.39 is 0 Å². The zero-order valence-electron chi connectivity index (χ0n) is 12.3. The van der Waals surface area contributed by atoms with E-state index in [2.05, 4.69) is 10.2 Å². The molecule has 5 heteroatoms. The van der Waals surface area contributed by atoms with Gasteiger partial charge in [-0.15, -0.1) is 12.4 Å². The largest absolute Gasteiger partial charge is 0.469 e. The molecule has 2 aliphatic rings. The van der Waals surface area contributed by atoms with Crippen LogP contribution in [-0.4, -0.2) is 50.7 Å². The summed E-state index contributed by atoms with van der Waals surface area (Å²) in [6.07, 6.45) is 3.49. The number of carbonyl (C=O) groups excluding carboxylic acids is 1. The minimum Gasteiger partial charge on any atom is -0.469 e. The van der Waals surface area contributed by atoms with Gasteiger partial charge in [-0.25, -0.2) is 0 Å². The highest BCUT2D eigenvalue weighted by atomic mass is 35.5. The molecular weight excluding hydrogens is 264 g/mol. The maximum atomic E-state index is 11.6. The van der Waals surface area contributed by atoms with Crippen LogP contribution in [0, 0.1) is 10.8 Å². The molecule has 2 rings (SSSR count). The molecule has 0 bridgehead atoms. The van der Waals surface area contributed by atoms with Crippen LogP contribution in [0.5, 0.6) is 0 Å². The van der Waals surface area contributed by atoms with Crippen LogP contribution < -0.4 is 5.32 Å². The Balaban J connectivity index is 0.00000180. The molecule has 0 aromatic heterocycles. The predicted octanol–water partition coefficient (Wildman–Crippen LogP) is 1.68. The van der Waals surface area contributed by atoms with Gasteiger partial charge in [0.25, 0.3) is 0 Å². The van der Waals surface area contributed by atoms with Crippen LogP contribution in [0.25, 0.3) is 0 Å². The monoisotopic (exact) mass is 290 g/mol. The number of methoxy groups -OCH3 is 1. The van der Waals surface area contributed by atoms with Crippen molar-refractivity contribution in [2.45, 2.75) is 33.1 Å². The fraction of sp³-hybridized carbons (Fsp3) is 0.929. The molecule has 0 radical (unpaired) electrons. The summed E-state index contributed by atoms with van der Waals surface area (Å²) in [5.41, 5.74) is 0.161. The molecule has 4 nitrogen and oxygen atoms in total. The molecule has 2 heterocycles. The summed E-state index contributed by atoms with van der Waals surface area (Å²) < 4.78 is 4.86. The molecule has 112 valence electrons. The van der Waals surface area contributed by atoms with Gasteiger partial charge < -0.3 is 15.0 Å². The third-order valence-electron chi connectivity index (χ3n) is 4.64. The molecule has 0 aliphatic carbocycles. The van der Waals surface area contributed by atoms with Crippen molar-refractivity contribution >= 4 is 18.4 Å². The second-order valence-corrected chi connectivity index (χ2v) is 6.58. The van der Waals surface area contributed by atoms with E-state index in [1.165, 1.54) is 46.1 Å². The number of hydrogen-bond acceptors (Lipinski definition) is 4. The van der Waals surface area contributed by atoms with Crippen LogP contribution >= 0.6 is 12.4 Å². The number of carbonyl (C=O) groups is 1. The second kappa shape index (κ2) is 6.42. The molecular formula is C14H27ClN2O2. The molecule has 1 unspecified atom stereocenters. The van der Waals surface area contributed by atoms with E-state index in [0.29, 0.717) is 5.41 Å². The Kier molecular flexibility index (Phi) is 5.65. The minimum atomic E-state index is -0.363. The Bertz CT molecular complexity index is 315. The molecule has 0 saturated carbocycles. The van der Waals surface area contributed by atoms with Gasteiger partial charge in [0.05, 0.1) is 12.5 Å². The summed E-state index contributed by atoms with van der Waals surface area (Å²) >= 11 is 0. The Morgan fingerprint density at radius 3 is 2.74 bits per heavy atom. The van der Waals surface area contributed by atoms with Gasteiger partial charge in [0.2, 0.25) is 0 Å². The topological polar surface area (TPSA) is 41.6 Å². The smallest absolute Gasteiger partial charge is 0.311 e. The van der Waals surface area contributed by atoms with Crippen LogP contribution in [0.2, 0.25) is 0 Å². The minimum absolute atomic E-state index is 0. The molecule has 19 heavy (non-hydrogen) atoms. The number of likely N-dealkylation sites (tertiary alicyclic amines) is 1. The van der Waals surface area contributed by atoms with E-state index in [9.17, 15) is 4.79 Å². The summed E-state index contributed by atoms with van der Waals surface area (Å²) in [4.78, 5) is 14.1. The second-order valence-electron chi connectivity index (χ2n) is 6.58. The maximum absolute atomic E-state index is 11.6. The molecule has 0 aromatic rings. The highest BCUT2D eigenvalue weighted by molar-refractivity contribution is 5.85. The SMILES string of the molecule is COC(=O)C(C)(C)CCN1CCC2(CCNC2)C1.Cl. The molecule has 1 atom stereocenters. The quantitative estimate of drug-likeness (QED) is 0.800. The Labute approximate surface area is 122 Å². The highest BCUT2D eigenvalue weighted by Crippen LogP contribution is 2.36. The number of nitrogens with zero attached hydrogens (tertiary/aromatic N) is 1. The Morgan fingerprint density at radius 2 is 2.16 bits per heavy atom. The van der Waals surface area contributed by atoms with Crippen LogP contribution in [0.3, 0.4) is 0 Å². The van der Waals surface area contributed by atoms with Crippen molar-refractivity contribution in [3.63, 3.8) is 0 Å². The van der Waals surface area contributed by atoms with E-state index in [1.807, 2.05) is 13.8 Å². The van der Waals surface area contributed by atoms with Crippen molar-refractivity contribution in [3.8, 4) is 0 Å². The summed E-state index contributed by atoms with van der Waals surface area (Å²) in [6, 6.07) is 0. The summed E-state index contributed by atoms with van der Waals surface area (Å²) in [5.74, 6) is -0.0982. The van der Waals surface area contributed by atoms with E-state index in [-0.39, 0.29) is 23.8 Å². The Hall–Kier alpha value is -0.320. The fourth-order valence-electron chi connectivity index (χ4n) is 3.18. The lowest BCUT2D eigenvalue weighted by molar-refractivity contribution is -0.151. The predicted molar refractivity (Wildman–Crippen MR) is 78.6 cm³/mol. The lowest BCUT2D eigenvalue weighted by atomic mass is 9.86. The lowest BCUT2D eigenvalue weighted by Gasteiger charge is -2.26. The first-order valence-electron chi connectivity index (χ1n) is 6.99. The average molecular weight is 291 g/mol. The first-order valence-corrected chi connectivity index (χ1v) is 6.99. The first kappa shape index (κ1) is 16.7. The van der Waals surface area contributed by atoms with Gasteiger partial charge in [0.15, 0.2) is 0 Å². The molecule has 1 N–H and O–H groups in total. The van der Waals surface area contributed by atoms with Crippen molar-refractivity contribution < 1.29 is 9.53 Å². The van der Waals surface area contributed by atoms with Crippen LogP contribution in [0.15, 0.2) is 0 Å². The third kappa shape index (κ3) is 3.83. The van der Waals surface area contributed by atoms with Crippen molar-refractivity contribution in [1.29, 1.82) is 0 Å². The summed E-state index contributed by atoms with van der Waals surface area (Å²) in [7, 11) is 1.47.